The summed E-state index contributed by atoms with van der Waals surface area (Å²) in [5.74, 6) is 1.69. The fourth-order valence-corrected chi connectivity index (χ4v) is 3.83. The van der Waals surface area contributed by atoms with Crippen LogP contribution >= 0.6 is 11.3 Å². The average Bonchev–Trinajstić information content (AvgIpc) is 3.35. The van der Waals surface area contributed by atoms with Crippen molar-refractivity contribution in [1.29, 1.82) is 0 Å². The van der Waals surface area contributed by atoms with E-state index < -0.39 is 0 Å². The highest BCUT2D eigenvalue weighted by Crippen LogP contribution is 2.31. The molecule has 0 N–H and O–H groups in total. The van der Waals surface area contributed by atoms with Crippen molar-refractivity contribution >= 4 is 33.7 Å². The number of para-hydroxylation sites is 2. The maximum absolute atomic E-state index is 5.58. The fourth-order valence-electron chi connectivity index (χ4n) is 3.13. The lowest BCUT2D eigenvalue weighted by molar-refractivity contribution is 0.340. The van der Waals surface area contributed by atoms with Gasteiger partial charge in [0.2, 0.25) is 0 Å². The Hall–Kier alpha value is -3.25. The number of hydrogen-bond acceptors (Lipinski definition) is 5. The van der Waals surface area contributed by atoms with Crippen LogP contribution in [-0.2, 0) is 0 Å². The lowest BCUT2D eigenvalue weighted by Gasteiger charge is -2.09. The van der Waals surface area contributed by atoms with E-state index in [2.05, 4.69) is 16.0 Å². The summed E-state index contributed by atoms with van der Waals surface area (Å²) in [6.45, 7) is 2.62. The topological polar surface area (TPSA) is 52.8 Å². The maximum Gasteiger partial charge on any atom is 0.199 e. The number of aromatic nitrogens is 4. The third-order valence-electron chi connectivity index (χ3n) is 4.32. The minimum absolute atomic E-state index is 0.644. The largest absolute Gasteiger partial charge is 0.494 e. The van der Waals surface area contributed by atoms with Gasteiger partial charge in [0.1, 0.15) is 5.75 Å². The number of nitrogens with zero attached hydrogens (tertiary/aromatic N) is 4. The summed E-state index contributed by atoms with van der Waals surface area (Å²) in [7, 11) is 0. The molecule has 3 aromatic heterocycles. The van der Waals surface area contributed by atoms with Crippen LogP contribution in [-0.4, -0.2) is 26.1 Å². The first-order valence-corrected chi connectivity index (χ1v) is 9.64. The molecule has 6 heteroatoms. The van der Waals surface area contributed by atoms with E-state index >= 15 is 0 Å². The summed E-state index contributed by atoms with van der Waals surface area (Å²) in [5.41, 5.74) is 4.08. The highest BCUT2D eigenvalue weighted by atomic mass is 32.1. The van der Waals surface area contributed by atoms with Gasteiger partial charge in [-0.05, 0) is 54.8 Å². The van der Waals surface area contributed by atoms with Crippen LogP contribution in [0.2, 0.25) is 0 Å². The molecule has 5 nitrogen and oxygen atoms in total. The van der Waals surface area contributed by atoms with Crippen molar-refractivity contribution in [3.63, 3.8) is 0 Å². The van der Waals surface area contributed by atoms with Crippen molar-refractivity contribution in [2.75, 3.05) is 6.61 Å². The summed E-state index contributed by atoms with van der Waals surface area (Å²) in [4.78, 5) is 15.5. The molecular formula is C21H16N4OS. The van der Waals surface area contributed by atoms with Crippen molar-refractivity contribution in [3.05, 3.63) is 66.0 Å². The van der Waals surface area contributed by atoms with Crippen molar-refractivity contribution < 1.29 is 4.74 Å². The molecule has 0 bridgehead atoms. The van der Waals surface area contributed by atoms with E-state index in [1.807, 2.05) is 61.5 Å². The van der Waals surface area contributed by atoms with Crippen molar-refractivity contribution in [1.82, 2.24) is 19.5 Å². The Morgan fingerprint density at radius 1 is 0.889 bits per heavy atom. The van der Waals surface area contributed by atoms with Crippen molar-refractivity contribution in [2.24, 2.45) is 0 Å². The number of hydrogen-bond donors (Lipinski definition) is 0. The van der Waals surface area contributed by atoms with Gasteiger partial charge in [0, 0.05) is 5.69 Å². The van der Waals surface area contributed by atoms with Crippen LogP contribution in [0.25, 0.3) is 38.7 Å². The highest BCUT2D eigenvalue weighted by molar-refractivity contribution is 7.13. The third-order valence-corrected chi connectivity index (χ3v) is 5.18. The predicted molar refractivity (Wildman–Crippen MR) is 109 cm³/mol. The van der Waals surface area contributed by atoms with Gasteiger partial charge in [-0.2, -0.15) is 0 Å². The molecule has 27 heavy (non-hydrogen) atoms. The Bertz CT molecular complexity index is 1230. The second kappa shape index (κ2) is 6.48. The molecule has 0 atom stereocenters. The summed E-state index contributed by atoms with van der Waals surface area (Å²) in [5, 5.41) is 2.05. The molecule has 0 amide bonds. The molecular weight excluding hydrogens is 356 g/mol. The average molecular weight is 372 g/mol. The Balaban J connectivity index is 1.79. The standard InChI is InChI=1S/C21H16N4OS/c1-2-26-15-11-9-14(10-12-15)25-20(18-8-5-13-27-18)24-19-21(25)23-17-7-4-3-6-16(17)22-19/h3-13H,2H2,1H3. The van der Waals surface area contributed by atoms with Crippen LogP contribution in [0.5, 0.6) is 5.75 Å². The lowest BCUT2D eigenvalue weighted by atomic mass is 10.3. The van der Waals surface area contributed by atoms with E-state index in [9.17, 15) is 0 Å². The van der Waals surface area contributed by atoms with Crippen LogP contribution in [0.4, 0.5) is 0 Å². The molecule has 0 saturated carbocycles. The summed E-state index contributed by atoms with van der Waals surface area (Å²) in [6.07, 6.45) is 0. The lowest BCUT2D eigenvalue weighted by Crippen LogP contribution is -1.99. The maximum atomic E-state index is 5.58. The zero-order chi connectivity index (χ0) is 18.2. The SMILES string of the molecule is CCOc1ccc(-n2c(-c3cccs3)nc3nc4ccccc4nc32)cc1. The van der Waals surface area contributed by atoms with Gasteiger partial charge in [-0.25, -0.2) is 15.0 Å². The minimum atomic E-state index is 0.644. The van der Waals surface area contributed by atoms with Gasteiger partial charge in [0.25, 0.3) is 0 Å². The Kier molecular flexibility index (Phi) is 3.83. The first-order valence-electron chi connectivity index (χ1n) is 8.76. The molecule has 0 aliphatic rings. The summed E-state index contributed by atoms with van der Waals surface area (Å²) in [6, 6.07) is 20.0. The third kappa shape index (κ3) is 2.74. The number of rotatable bonds is 4. The zero-order valence-electron chi connectivity index (χ0n) is 14.7. The van der Waals surface area contributed by atoms with Crippen LogP contribution in [0.1, 0.15) is 6.92 Å². The molecule has 0 radical (unpaired) electrons. The van der Waals surface area contributed by atoms with Crippen molar-refractivity contribution in [2.45, 2.75) is 6.92 Å². The fraction of sp³-hybridized carbons (Fsp3) is 0.0952. The Labute approximate surface area is 159 Å². The number of ether oxygens (including phenoxy) is 1. The van der Waals surface area contributed by atoms with Crippen LogP contribution in [0, 0.1) is 0 Å². The monoisotopic (exact) mass is 372 g/mol. The summed E-state index contributed by atoms with van der Waals surface area (Å²) < 4.78 is 7.64. The van der Waals surface area contributed by atoms with E-state index in [-0.39, 0.29) is 0 Å². The molecule has 5 aromatic rings. The van der Waals surface area contributed by atoms with E-state index in [0.717, 1.165) is 38.8 Å². The summed E-state index contributed by atoms with van der Waals surface area (Å²) >= 11 is 1.65. The first kappa shape index (κ1) is 16.0. The van der Waals surface area contributed by atoms with Gasteiger partial charge in [0.15, 0.2) is 17.1 Å². The molecule has 0 unspecified atom stereocenters. The molecule has 0 spiro atoms. The van der Waals surface area contributed by atoms with Gasteiger partial charge in [-0.3, -0.25) is 4.57 Å². The number of imidazole rings is 1. The van der Waals surface area contributed by atoms with E-state index in [1.165, 1.54) is 0 Å². The molecule has 0 aliphatic heterocycles. The second-order valence-corrected chi connectivity index (χ2v) is 6.98. The Morgan fingerprint density at radius 3 is 2.37 bits per heavy atom. The number of benzene rings is 2. The van der Waals surface area contributed by atoms with Gasteiger partial charge < -0.3 is 4.74 Å². The van der Waals surface area contributed by atoms with Gasteiger partial charge in [-0.15, -0.1) is 11.3 Å². The second-order valence-electron chi connectivity index (χ2n) is 6.03. The van der Waals surface area contributed by atoms with Gasteiger partial charge >= 0.3 is 0 Å². The van der Waals surface area contributed by atoms with E-state index in [1.54, 1.807) is 11.3 Å². The molecule has 2 aromatic carbocycles. The van der Waals surface area contributed by atoms with Gasteiger partial charge in [-0.1, -0.05) is 18.2 Å². The smallest absolute Gasteiger partial charge is 0.199 e. The molecule has 0 fully saturated rings. The number of thiophene rings is 1. The molecule has 132 valence electrons. The highest BCUT2D eigenvalue weighted by Gasteiger charge is 2.18. The quantitative estimate of drug-likeness (QED) is 0.441. The molecule has 0 saturated heterocycles. The minimum Gasteiger partial charge on any atom is -0.494 e. The van der Waals surface area contributed by atoms with Gasteiger partial charge in [0.05, 0.1) is 22.5 Å². The zero-order valence-corrected chi connectivity index (χ0v) is 15.5. The van der Waals surface area contributed by atoms with Crippen molar-refractivity contribution in [3.8, 4) is 22.1 Å². The predicted octanol–water partition coefficient (Wildman–Crippen LogP) is 5.10. The Morgan fingerprint density at radius 2 is 1.67 bits per heavy atom. The van der Waals surface area contributed by atoms with Crippen LogP contribution in [0.15, 0.2) is 66.0 Å². The van der Waals surface area contributed by atoms with Crippen LogP contribution in [0.3, 0.4) is 0 Å². The van der Waals surface area contributed by atoms with E-state index in [0.29, 0.717) is 12.3 Å². The molecule has 0 aliphatic carbocycles. The normalized spacial score (nSPS) is 11.3. The van der Waals surface area contributed by atoms with E-state index in [4.69, 9.17) is 19.7 Å². The molecule has 5 rings (SSSR count). The molecule has 3 heterocycles. The number of fused-ring (bicyclic) bond motifs is 2. The van der Waals surface area contributed by atoms with Crippen LogP contribution < -0.4 is 4.74 Å². The first-order chi connectivity index (χ1) is 13.3.